The number of aromatic nitrogens is 2. The van der Waals surface area contributed by atoms with E-state index in [2.05, 4.69) is 20.9 Å². The van der Waals surface area contributed by atoms with Gasteiger partial charge in [-0.05, 0) is 44.5 Å². The van der Waals surface area contributed by atoms with E-state index in [1.165, 1.54) is 11.8 Å². The first kappa shape index (κ1) is 21.6. The lowest BCUT2D eigenvalue weighted by atomic mass is 10.2. The number of fused-ring (bicyclic) bond motifs is 1. The Kier molecular flexibility index (Phi) is 7.14. The minimum absolute atomic E-state index is 0.0363. The topological polar surface area (TPSA) is 55.2 Å². The summed E-state index contributed by atoms with van der Waals surface area (Å²) in [7, 11) is 0. The number of rotatable bonds is 7. The van der Waals surface area contributed by atoms with E-state index in [4.69, 9.17) is 0 Å². The normalized spacial score (nSPS) is 12.1. The molecule has 0 bridgehead atoms. The Labute approximate surface area is 183 Å². The summed E-state index contributed by atoms with van der Waals surface area (Å²) in [4.78, 5) is 32.5. The van der Waals surface area contributed by atoms with E-state index in [1.807, 2.05) is 68.1 Å². The van der Waals surface area contributed by atoms with Gasteiger partial charge in [0.1, 0.15) is 0 Å². The minimum atomic E-state index is -0.351. The van der Waals surface area contributed by atoms with Gasteiger partial charge in [-0.15, -0.1) is 0 Å². The largest absolute Gasteiger partial charge is 0.338 e. The third-order valence-electron chi connectivity index (χ3n) is 4.74. The number of amides is 1. The van der Waals surface area contributed by atoms with Gasteiger partial charge in [0, 0.05) is 24.1 Å². The summed E-state index contributed by atoms with van der Waals surface area (Å²) in [5, 5.41) is 0.795. The second-order valence-electron chi connectivity index (χ2n) is 6.70. The van der Waals surface area contributed by atoms with Crippen LogP contribution in [0.15, 0.2) is 63.0 Å². The van der Waals surface area contributed by atoms with Crippen LogP contribution < -0.4 is 5.56 Å². The van der Waals surface area contributed by atoms with Gasteiger partial charge < -0.3 is 4.90 Å². The zero-order chi connectivity index (χ0) is 21.0. The van der Waals surface area contributed by atoms with Crippen molar-refractivity contribution >= 4 is 44.5 Å². The lowest BCUT2D eigenvalue weighted by Crippen LogP contribution is -2.36. The minimum Gasteiger partial charge on any atom is -0.338 e. The van der Waals surface area contributed by atoms with Crippen molar-refractivity contribution in [3.63, 3.8) is 0 Å². The van der Waals surface area contributed by atoms with Crippen LogP contribution in [-0.4, -0.2) is 32.2 Å². The first-order chi connectivity index (χ1) is 13.9. The zero-order valence-electron chi connectivity index (χ0n) is 16.8. The molecule has 0 aliphatic rings. The van der Waals surface area contributed by atoms with E-state index >= 15 is 0 Å². The summed E-state index contributed by atoms with van der Waals surface area (Å²) in [6, 6.07) is 15.4. The van der Waals surface area contributed by atoms with Gasteiger partial charge in [0.05, 0.1) is 16.2 Å². The average Bonchev–Trinajstić information content (AvgIpc) is 2.73. The van der Waals surface area contributed by atoms with Crippen molar-refractivity contribution in [1.29, 1.82) is 0 Å². The van der Waals surface area contributed by atoms with E-state index in [0.717, 1.165) is 10.0 Å². The van der Waals surface area contributed by atoms with Crippen molar-refractivity contribution < 1.29 is 4.79 Å². The first-order valence-corrected chi connectivity index (χ1v) is 11.3. The Hall–Kier alpha value is -2.12. The lowest BCUT2D eigenvalue weighted by molar-refractivity contribution is -0.130. The van der Waals surface area contributed by atoms with Gasteiger partial charge in [0.25, 0.3) is 5.56 Å². The molecule has 152 valence electrons. The van der Waals surface area contributed by atoms with Gasteiger partial charge in [-0.2, -0.15) is 0 Å². The molecule has 1 amide bonds. The number of carbonyl (C=O) groups is 1. The SMILES string of the molecule is CCN(Cc1ccccc1)C(=O)C(C)Sc1nc2ccc(Br)cc2c(=O)n1CC. The molecule has 0 aliphatic carbocycles. The van der Waals surface area contributed by atoms with Crippen LogP contribution >= 0.6 is 27.7 Å². The van der Waals surface area contributed by atoms with Gasteiger partial charge in [0.2, 0.25) is 5.91 Å². The molecule has 0 radical (unpaired) electrons. The van der Waals surface area contributed by atoms with Crippen molar-refractivity contribution in [1.82, 2.24) is 14.5 Å². The fourth-order valence-electron chi connectivity index (χ4n) is 3.16. The maximum Gasteiger partial charge on any atom is 0.262 e. The van der Waals surface area contributed by atoms with Gasteiger partial charge in [0.15, 0.2) is 5.16 Å². The Balaban J connectivity index is 1.86. The highest BCUT2D eigenvalue weighted by molar-refractivity contribution is 9.10. The van der Waals surface area contributed by atoms with Gasteiger partial charge in [-0.1, -0.05) is 58.0 Å². The van der Waals surface area contributed by atoms with Crippen molar-refractivity contribution in [2.24, 2.45) is 0 Å². The van der Waals surface area contributed by atoms with Crippen molar-refractivity contribution in [3.8, 4) is 0 Å². The number of hydrogen-bond donors (Lipinski definition) is 0. The number of halogens is 1. The summed E-state index contributed by atoms with van der Waals surface area (Å²) in [6.07, 6.45) is 0. The quantitative estimate of drug-likeness (QED) is 0.368. The van der Waals surface area contributed by atoms with E-state index < -0.39 is 0 Å². The highest BCUT2D eigenvalue weighted by Gasteiger charge is 2.23. The molecule has 0 fully saturated rings. The third-order valence-corrected chi connectivity index (χ3v) is 6.31. The molecular weight excluding hydrogens is 450 g/mol. The van der Waals surface area contributed by atoms with Crippen LogP contribution in [-0.2, 0) is 17.9 Å². The van der Waals surface area contributed by atoms with Gasteiger partial charge in [-0.25, -0.2) is 4.98 Å². The smallest absolute Gasteiger partial charge is 0.262 e. The molecule has 29 heavy (non-hydrogen) atoms. The van der Waals surface area contributed by atoms with Gasteiger partial charge in [-0.3, -0.25) is 14.2 Å². The molecule has 5 nitrogen and oxygen atoms in total. The molecule has 0 N–H and O–H groups in total. The molecular formula is C22H24BrN3O2S. The van der Waals surface area contributed by atoms with E-state index in [9.17, 15) is 9.59 Å². The average molecular weight is 474 g/mol. The number of nitrogens with zero attached hydrogens (tertiary/aromatic N) is 3. The Morgan fingerprint density at radius 2 is 1.93 bits per heavy atom. The summed E-state index contributed by atoms with van der Waals surface area (Å²) < 4.78 is 2.48. The number of hydrogen-bond acceptors (Lipinski definition) is 4. The Morgan fingerprint density at radius 1 is 1.21 bits per heavy atom. The Morgan fingerprint density at radius 3 is 2.59 bits per heavy atom. The molecule has 0 spiro atoms. The maximum atomic E-state index is 13.1. The Bertz CT molecular complexity index is 1070. The molecule has 1 unspecified atom stereocenters. The third kappa shape index (κ3) is 4.90. The molecule has 3 rings (SSSR count). The highest BCUT2D eigenvalue weighted by Crippen LogP contribution is 2.25. The van der Waals surface area contributed by atoms with Crippen LogP contribution in [0, 0.1) is 0 Å². The summed E-state index contributed by atoms with van der Waals surface area (Å²) >= 11 is 4.75. The van der Waals surface area contributed by atoms with Crippen LogP contribution in [0.4, 0.5) is 0 Å². The summed E-state index contributed by atoms with van der Waals surface area (Å²) in [6.45, 7) is 7.46. The summed E-state index contributed by atoms with van der Waals surface area (Å²) in [5.41, 5.74) is 1.65. The van der Waals surface area contributed by atoms with Crippen LogP contribution in [0.25, 0.3) is 10.9 Å². The standard InChI is InChI=1S/C22H24BrN3O2S/c1-4-25(14-16-9-7-6-8-10-16)20(27)15(3)29-22-24-19-12-11-17(23)13-18(19)21(28)26(22)5-2/h6-13,15H,4-5,14H2,1-3H3. The second kappa shape index (κ2) is 9.59. The number of thioether (sulfide) groups is 1. The molecule has 1 aromatic heterocycles. The zero-order valence-corrected chi connectivity index (χ0v) is 19.2. The fraction of sp³-hybridized carbons (Fsp3) is 0.318. The first-order valence-electron chi connectivity index (χ1n) is 9.64. The second-order valence-corrected chi connectivity index (χ2v) is 8.93. The molecule has 0 saturated heterocycles. The van der Waals surface area contributed by atoms with E-state index in [-0.39, 0.29) is 16.7 Å². The molecule has 2 aromatic carbocycles. The van der Waals surface area contributed by atoms with Crippen molar-refractivity contribution in [3.05, 3.63) is 68.9 Å². The predicted molar refractivity (Wildman–Crippen MR) is 122 cm³/mol. The lowest BCUT2D eigenvalue weighted by Gasteiger charge is -2.24. The fourth-order valence-corrected chi connectivity index (χ4v) is 4.57. The molecule has 0 aliphatic heterocycles. The van der Waals surface area contributed by atoms with E-state index in [0.29, 0.717) is 35.7 Å². The van der Waals surface area contributed by atoms with Gasteiger partial charge >= 0.3 is 0 Å². The molecule has 7 heteroatoms. The van der Waals surface area contributed by atoms with Crippen LogP contribution in [0.3, 0.4) is 0 Å². The van der Waals surface area contributed by atoms with Crippen molar-refractivity contribution in [2.75, 3.05) is 6.54 Å². The maximum absolute atomic E-state index is 13.1. The highest BCUT2D eigenvalue weighted by atomic mass is 79.9. The van der Waals surface area contributed by atoms with Crippen LogP contribution in [0.2, 0.25) is 0 Å². The monoisotopic (exact) mass is 473 g/mol. The number of benzene rings is 2. The molecule has 3 aromatic rings. The molecule has 1 atom stereocenters. The van der Waals surface area contributed by atoms with Crippen LogP contribution in [0.5, 0.6) is 0 Å². The van der Waals surface area contributed by atoms with E-state index in [1.54, 1.807) is 10.6 Å². The van der Waals surface area contributed by atoms with Crippen molar-refractivity contribution in [2.45, 2.75) is 44.3 Å². The summed E-state index contributed by atoms with van der Waals surface area (Å²) in [5.74, 6) is 0.0363. The van der Waals surface area contributed by atoms with Crippen LogP contribution in [0.1, 0.15) is 26.3 Å². The predicted octanol–water partition coefficient (Wildman–Crippen LogP) is 4.71. The molecule has 0 saturated carbocycles. The number of carbonyl (C=O) groups excluding carboxylic acids is 1. The molecule has 1 heterocycles.